The third-order valence-electron chi connectivity index (χ3n) is 3.81. The lowest BCUT2D eigenvalue weighted by molar-refractivity contribution is 0.0503. The molecule has 0 bridgehead atoms. The van der Waals surface area contributed by atoms with E-state index in [2.05, 4.69) is 0 Å². The van der Waals surface area contributed by atoms with E-state index in [0.717, 1.165) is 30.3 Å². The molecule has 5 heteroatoms. The maximum absolute atomic E-state index is 12.7. The first-order valence-corrected chi connectivity index (χ1v) is 8.15. The second-order valence-electron chi connectivity index (χ2n) is 5.54. The highest BCUT2D eigenvalue weighted by Crippen LogP contribution is 2.16. The number of carbonyl (C=O) groups excluding carboxylic acids is 1. The molecule has 0 aliphatic heterocycles. The number of pyridine rings is 1. The second-order valence-corrected chi connectivity index (χ2v) is 5.54. The van der Waals surface area contributed by atoms with Gasteiger partial charge in [0.05, 0.1) is 12.1 Å². The fraction of sp³-hybridized carbons (Fsp3) is 0.444. The molecule has 0 saturated heterocycles. The van der Waals surface area contributed by atoms with Crippen molar-refractivity contribution in [2.75, 3.05) is 13.2 Å². The van der Waals surface area contributed by atoms with E-state index >= 15 is 0 Å². The molecule has 124 valence electrons. The summed E-state index contributed by atoms with van der Waals surface area (Å²) in [4.78, 5) is 24.8. The van der Waals surface area contributed by atoms with Gasteiger partial charge >= 0.3 is 5.97 Å². The molecule has 0 aliphatic carbocycles. The number of carbonyl (C=O) groups is 1. The van der Waals surface area contributed by atoms with Gasteiger partial charge in [-0.05, 0) is 50.4 Å². The summed E-state index contributed by atoms with van der Waals surface area (Å²) in [5.74, 6) is -0.548. The molecule has 0 radical (unpaired) electrons. The van der Waals surface area contributed by atoms with Crippen LogP contribution < -0.4 is 11.2 Å². The summed E-state index contributed by atoms with van der Waals surface area (Å²) >= 11 is 0. The van der Waals surface area contributed by atoms with Crippen molar-refractivity contribution >= 4 is 16.9 Å². The smallest absolute Gasteiger partial charge is 0.343 e. The van der Waals surface area contributed by atoms with Gasteiger partial charge in [0.25, 0.3) is 0 Å². The number of hydrogen-bond acceptors (Lipinski definition) is 4. The van der Waals surface area contributed by atoms with Crippen LogP contribution in [0.3, 0.4) is 0 Å². The Hall–Kier alpha value is -2.14. The molecule has 5 nitrogen and oxygen atoms in total. The fourth-order valence-electron chi connectivity index (χ4n) is 2.59. The lowest BCUT2D eigenvalue weighted by Gasteiger charge is -2.12. The minimum absolute atomic E-state index is 0.101. The molecule has 0 fully saturated rings. The standard InChI is InChI=1S/C18H24N2O3/c1-3-10-23-18(22)15-12-20(4-2)16-8-7-13(6-5-9-19)11-14(16)17(15)21/h7-8,11-12H,3-6,9-10,19H2,1-2H3. The highest BCUT2D eigenvalue weighted by atomic mass is 16.5. The zero-order valence-electron chi connectivity index (χ0n) is 13.8. The van der Waals surface area contributed by atoms with Crippen LogP contribution in [0.2, 0.25) is 0 Å². The summed E-state index contributed by atoms with van der Waals surface area (Å²) in [6.45, 7) is 5.50. The van der Waals surface area contributed by atoms with Crippen molar-refractivity contribution in [1.82, 2.24) is 4.57 Å². The number of aryl methyl sites for hydroxylation is 2. The first-order chi connectivity index (χ1) is 11.1. The molecule has 0 atom stereocenters. The maximum Gasteiger partial charge on any atom is 0.343 e. The number of benzene rings is 1. The molecule has 2 N–H and O–H groups in total. The Morgan fingerprint density at radius 1 is 1.30 bits per heavy atom. The minimum Gasteiger partial charge on any atom is -0.462 e. The summed E-state index contributed by atoms with van der Waals surface area (Å²) in [7, 11) is 0. The number of ether oxygens (including phenoxy) is 1. The minimum atomic E-state index is -0.548. The first kappa shape index (κ1) is 17.2. The highest BCUT2D eigenvalue weighted by Gasteiger charge is 2.16. The molecule has 23 heavy (non-hydrogen) atoms. The van der Waals surface area contributed by atoms with Gasteiger partial charge in [-0.1, -0.05) is 13.0 Å². The van der Waals surface area contributed by atoms with Gasteiger partial charge in [0.2, 0.25) is 5.43 Å². The van der Waals surface area contributed by atoms with Crippen LogP contribution in [0.4, 0.5) is 0 Å². The Labute approximate surface area is 136 Å². The van der Waals surface area contributed by atoms with Gasteiger partial charge in [0, 0.05) is 18.1 Å². The average Bonchev–Trinajstić information content (AvgIpc) is 2.58. The first-order valence-electron chi connectivity index (χ1n) is 8.15. The molecule has 0 unspecified atom stereocenters. The van der Waals surface area contributed by atoms with Crippen molar-refractivity contribution in [3.8, 4) is 0 Å². The lowest BCUT2D eigenvalue weighted by atomic mass is 10.0. The molecule has 0 saturated carbocycles. The van der Waals surface area contributed by atoms with E-state index in [1.54, 1.807) is 6.20 Å². The zero-order chi connectivity index (χ0) is 16.8. The maximum atomic E-state index is 12.7. The predicted molar refractivity (Wildman–Crippen MR) is 91.8 cm³/mol. The average molecular weight is 316 g/mol. The van der Waals surface area contributed by atoms with Crippen molar-refractivity contribution in [2.24, 2.45) is 5.73 Å². The topological polar surface area (TPSA) is 74.3 Å². The third kappa shape index (κ3) is 3.79. The lowest BCUT2D eigenvalue weighted by Crippen LogP contribution is -2.21. The monoisotopic (exact) mass is 316 g/mol. The van der Waals surface area contributed by atoms with Gasteiger partial charge in [0.15, 0.2) is 0 Å². The van der Waals surface area contributed by atoms with Crippen LogP contribution in [-0.2, 0) is 17.7 Å². The van der Waals surface area contributed by atoms with E-state index in [0.29, 0.717) is 25.1 Å². The number of nitrogens with zero attached hydrogens (tertiary/aromatic N) is 1. The van der Waals surface area contributed by atoms with E-state index < -0.39 is 5.97 Å². The number of hydrogen-bond donors (Lipinski definition) is 1. The molecule has 2 aromatic rings. The summed E-state index contributed by atoms with van der Waals surface area (Å²) in [5.41, 5.74) is 7.28. The number of rotatable bonds is 7. The Morgan fingerprint density at radius 3 is 2.74 bits per heavy atom. The molecular weight excluding hydrogens is 292 g/mol. The van der Waals surface area contributed by atoms with Crippen LogP contribution in [0, 0.1) is 0 Å². The van der Waals surface area contributed by atoms with Crippen LogP contribution in [-0.4, -0.2) is 23.7 Å². The van der Waals surface area contributed by atoms with Crippen LogP contribution in [0.25, 0.3) is 10.9 Å². The SMILES string of the molecule is CCCOC(=O)c1cn(CC)c2ccc(CCCN)cc2c1=O. The highest BCUT2D eigenvalue weighted by molar-refractivity contribution is 5.93. The number of fused-ring (bicyclic) bond motifs is 1. The van der Waals surface area contributed by atoms with E-state index in [4.69, 9.17) is 10.5 Å². The van der Waals surface area contributed by atoms with Crippen molar-refractivity contribution in [1.29, 1.82) is 0 Å². The van der Waals surface area contributed by atoms with Gasteiger partial charge in [-0.3, -0.25) is 4.79 Å². The fourth-order valence-corrected chi connectivity index (χ4v) is 2.59. The Bertz CT molecular complexity index is 750. The van der Waals surface area contributed by atoms with E-state index in [9.17, 15) is 9.59 Å². The Balaban J connectivity index is 2.54. The van der Waals surface area contributed by atoms with Gasteiger partial charge in [-0.2, -0.15) is 0 Å². The predicted octanol–water partition coefficient (Wildman–Crippen LogP) is 2.48. The van der Waals surface area contributed by atoms with Crippen molar-refractivity contribution in [2.45, 2.75) is 39.7 Å². The van der Waals surface area contributed by atoms with Crippen molar-refractivity contribution in [3.63, 3.8) is 0 Å². The molecule has 1 aromatic heterocycles. The normalized spacial score (nSPS) is 10.9. The second kappa shape index (κ2) is 7.92. The molecule has 1 heterocycles. The molecule has 0 amide bonds. The summed E-state index contributed by atoms with van der Waals surface area (Å²) in [6.07, 6.45) is 4.01. The number of aromatic nitrogens is 1. The van der Waals surface area contributed by atoms with Gasteiger partial charge in [-0.15, -0.1) is 0 Å². The van der Waals surface area contributed by atoms with Gasteiger partial charge in [-0.25, -0.2) is 4.79 Å². The Morgan fingerprint density at radius 2 is 2.09 bits per heavy atom. The zero-order valence-corrected chi connectivity index (χ0v) is 13.8. The molecule has 0 spiro atoms. The van der Waals surface area contributed by atoms with E-state index in [-0.39, 0.29) is 11.0 Å². The van der Waals surface area contributed by atoms with Crippen molar-refractivity contribution < 1.29 is 9.53 Å². The van der Waals surface area contributed by atoms with Crippen LogP contribution in [0.15, 0.2) is 29.2 Å². The van der Waals surface area contributed by atoms with Crippen molar-refractivity contribution in [3.05, 3.63) is 45.7 Å². The summed E-state index contributed by atoms with van der Waals surface area (Å²) in [5, 5.41) is 0.562. The van der Waals surface area contributed by atoms with Crippen LogP contribution in [0.5, 0.6) is 0 Å². The molecule has 0 aliphatic rings. The quantitative estimate of drug-likeness (QED) is 0.796. The third-order valence-corrected chi connectivity index (χ3v) is 3.81. The van der Waals surface area contributed by atoms with Crippen LogP contribution >= 0.6 is 0 Å². The number of esters is 1. The molecule has 1 aromatic carbocycles. The molecule has 2 rings (SSSR count). The van der Waals surface area contributed by atoms with E-state index in [1.165, 1.54) is 0 Å². The van der Waals surface area contributed by atoms with Gasteiger partial charge in [0.1, 0.15) is 5.56 Å². The van der Waals surface area contributed by atoms with Crippen LogP contribution in [0.1, 0.15) is 42.6 Å². The van der Waals surface area contributed by atoms with Gasteiger partial charge < -0.3 is 15.0 Å². The van der Waals surface area contributed by atoms with E-state index in [1.807, 2.05) is 36.6 Å². The summed E-state index contributed by atoms with van der Waals surface area (Å²) < 4.78 is 7.04. The summed E-state index contributed by atoms with van der Waals surface area (Å²) in [6, 6.07) is 5.82. The Kier molecular flexibility index (Phi) is 5.93. The number of nitrogens with two attached hydrogens (primary N) is 1. The largest absolute Gasteiger partial charge is 0.462 e. The molecular formula is C18H24N2O3.